The third-order valence-electron chi connectivity index (χ3n) is 5.92. The predicted octanol–water partition coefficient (Wildman–Crippen LogP) is 3.97. The number of aliphatic hydroxyl groups is 1. The first-order chi connectivity index (χ1) is 13.8. The van der Waals surface area contributed by atoms with E-state index in [1.807, 2.05) is 37.4 Å². The highest BCUT2D eigenvalue weighted by Gasteiger charge is 2.36. The van der Waals surface area contributed by atoms with Gasteiger partial charge in [-0.2, -0.15) is 5.10 Å². The number of anilines is 2. The summed E-state index contributed by atoms with van der Waals surface area (Å²) in [5.41, 5.74) is 12.3. The molecule has 2 aromatic carbocycles. The zero-order valence-electron chi connectivity index (χ0n) is 17.7. The van der Waals surface area contributed by atoms with Crippen molar-refractivity contribution < 1.29 is 5.11 Å². The number of fused-ring (bicyclic) bond motifs is 1. The molecule has 0 saturated carbocycles. The number of benzene rings is 2. The maximum Gasteiger partial charge on any atom is 0.183 e. The quantitative estimate of drug-likeness (QED) is 0.664. The van der Waals surface area contributed by atoms with Gasteiger partial charge in [-0.3, -0.25) is 10.4 Å². The Bertz CT molecular complexity index is 1010. The SMILES string of the molecule is Cc1cc(C)c(N2CCCCc3c2nn(C)c3C(N)(O)c2ccccc2)c(C)c1. The van der Waals surface area contributed by atoms with Gasteiger partial charge < -0.3 is 10.0 Å². The van der Waals surface area contributed by atoms with Gasteiger partial charge in [0.05, 0.1) is 5.69 Å². The molecule has 3 N–H and O–H groups in total. The van der Waals surface area contributed by atoms with Crippen LogP contribution in [-0.4, -0.2) is 21.4 Å². The second-order valence-electron chi connectivity index (χ2n) is 8.26. The standard InChI is InChI=1S/C24H30N4O/c1-16-14-17(2)21(18(3)15-16)28-13-9-8-12-20-22(27(4)26-23(20)28)24(25,29)19-10-6-5-7-11-19/h5-7,10-11,14-15,29H,8-9,12-13,25H2,1-4H3. The Morgan fingerprint density at radius 3 is 2.34 bits per heavy atom. The van der Waals surface area contributed by atoms with E-state index < -0.39 is 5.72 Å². The fourth-order valence-corrected chi connectivity index (χ4v) is 4.80. The minimum absolute atomic E-state index is 0.671. The van der Waals surface area contributed by atoms with Gasteiger partial charge in [-0.05, 0) is 51.2 Å². The number of aromatic nitrogens is 2. The summed E-state index contributed by atoms with van der Waals surface area (Å²) in [6, 6.07) is 13.9. The van der Waals surface area contributed by atoms with Crippen molar-refractivity contribution in [3.8, 4) is 0 Å². The van der Waals surface area contributed by atoms with Crippen molar-refractivity contribution in [1.29, 1.82) is 0 Å². The molecule has 0 saturated heterocycles. The largest absolute Gasteiger partial charge is 0.366 e. The molecule has 5 nitrogen and oxygen atoms in total. The Kier molecular flexibility index (Phi) is 4.97. The third-order valence-corrected chi connectivity index (χ3v) is 5.92. The molecule has 0 radical (unpaired) electrons. The van der Waals surface area contributed by atoms with Gasteiger partial charge in [0.15, 0.2) is 11.5 Å². The number of nitrogens with two attached hydrogens (primary N) is 1. The van der Waals surface area contributed by atoms with Crippen molar-refractivity contribution >= 4 is 11.5 Å². The molecule has 0 fully saturated rings. The van der Waals surface area contributed by atoms with Crippen LogP contribution in [0.15, 0.2) is 42.5 Å². The predicted molar refractivity (Wildman–Crippen MR) is 117 cm³/mol. The van der Waals surface area contributed by atoms with Crippen molar-refractivity contribution in [1.82, 2.24) is 9.78 Å². The zero-order valence-corrected chi connectivity index (χ0v) is 17.7. The first-order valence-electron chi connectivity index (χ1n) is 10.3. The van der Waals surface area contributed by atoms with Crippen molar-refractivity contribution in [2.45, 2.75) is 45.8 Å². The molecule has 1 atom stereocenters. The second kappa shape index (κ2) is 7.32. The lowest BCUT2D eigenvalue weighted by atomic mass is 9.95. The molecule has 152 valence electrons. The normalized spacial score (nSPS) is 16.3. The summed E-state index contributed by atoms with van der Waals surface area (Å²) in [5.74, 6) is 0.912. The van der Waals surface area contributed by atoms with Crippen molar-refractivity contribution in [3.63, 3.8) is 0 Å². The molecule has 0 bridgehead atoms. The molecule has 1 aromatic heterocycles. The van der Waals surface area contributed by atoms with Gasteiger partial charge in [0, 0.05) is 30.4 Å². The van der Waals surface area contributed by atoms with Crippen LogP contribution in [0.5, 0.6) is 0 Å². The number of hydrogen-bond acceptors (Lipinski definition) is 4. The fourth-order valence-electron chi connectivity index (χ4n) is 4.80. The maximum atomic E-state index is 11.4. The van der Waals surface area contributed by atoms with E-state index in [4.69, 9.17) is 10.8 Å². The third kappa shape index (κ3) is 3.34. The lowest BCUT2D eigenvalue weighted by Gasteiger charge is -2.27. The lowest BCUT2D eigenvalue weighted by Crippen LogP contribution is -2.40. The first-order valence-corrected chi connectivity index (χ1v) is 10.3. The van der Waals surface area contributed by atoms with Gasteiger partial charge in [0.2, 0.25) is 0 Å². The van der Waals surface area contributed by atoms with Crippen LogP contribution in [0, 0.1) is 20.8 Å². The minimum atomic E-state index is -1.59. The summed E-state index contributed by atoms with van der Waals surface area (Å²) in [6.07, 6.45) is 2.96. The lowest BCUT2D eigenvalue weighted by molar-refractivity contribution is 0.0783. The van der Waals surface area contributed by atoms with Crippen LogP contribution in [0.4, 0.5) is 11.5 Å². The van der Waals surface area contributed by atoms with Gasteiger partial charge in [0.1, 0.15) is 0 Å². The van der Waals surface area contributed by atoms with E-state index in [2.05, 4.69) is 37.8 Å². The summed E-state index contributed by atoms with van der Waals surface area (Å²) in [7, 11) is 1.87. The number of rotatable bonds is 3. The second-order valence-corrected chi connectivity index (χ2v) is 8.26. The molecule has 2 heterocycles. The molecule has 1 unspecified atom stereocenters. The van der Waals surface area contributed by atoms with E-state index in [0.717, 1.165) is 37.2 Å². The fraction of sp³-hybridized carbons (Fsp3) is 0.375. The smallest absolute Gasteiger partial charge is 0.183 e. The molecule has 3 aromatic rings. The monoisotopic (exact) mass is 390 g/mol. The number of aryl methyl sites for hydroxylation is 4. The van der Waals surface area contributed by atoms with Crippen LogP contribution in [0.25, 0.3) is 0 Å². The molecule has 0 spiro atoms. The van der Waals surface area contributed by atoms with E-state index in [1.165, 1.54) is 22.4 Å². The van der Waals surface area contributed by atoms with Crippen LogP contribution < -0.4 is 10.6 Å². The molecule has 0 amide bonds. The van der Waals surface area contributed by atoms with Crippen molar-refractivity contribution in [2.24, 2.45) is 12.8 Å². The average molecular weight is 391 g/mol. The van der Waals surface area contributed by atoms with E-state index >= 15 is 0 Å². The summed E-state index contributed by atoms with van der Waals surface area (Å²) in [6.45, 7) is 7.35. The molecule has 0 aliphatic carbocycles. The molecule has 4 rings (SSSR count). The summed E-state index contributed by atoms with van der Waals surface area (Å²) >= 11 is 0. The Hall–Kier alpha value is -2.63. The van der Waals surface area contributed by atoms with Gasteiger partial charge >= 0.3 is 0 Å². The molecular formula is C24H30N4O. The van der Waals surface area contributed by atoms with Gasteiger partial charge in [-0.1, -0.05) is 48.0 Å². The van der Waals surface area contributed by atoms with Crippen LogP contribution in [0.3, 0.4) is 0 Å². The van der Waals surface area contributed by atoms with Crippen LogP contribution in [-0.2, 0) is 19.2 Å². The van der Waals surface area contributed by atoms with E-state index in [0.29, 0.717) is 11.3 Å². The molecule has 29 heavy (non-hydrogen) atoms. The summed E-state index contributed by atoms with van der Waals surface area (Å²) < 4.78 is 1.76. The Labute approximate surface area is 172 Å². The highest BCUT2D eigenvalue weighted by atomic mass is 16.3. The first kappa shape index (κ1) is 19.7. The van der Waals surface area contributed by atoms with Crippen molar-refractivity contribution in [3.05, 3.63) is 76.0 Å². The van der Waals surface area contributed by atoms with Gasteiger partial charge in [0.25, 0.3) is 0 Å². The maximum absolute atomic E-state index is 11.4. The Balaban J connectivity index is 1.89. The zero-order chi connectivity index (χ0) is 20.8. The van der Waals surface area contributed by atoms with Crippen LogP contribution in [0.1, 0.15) is 46.4 Å². The van der Waals surface area contributed by atoms with E-state index in [-0.39, 0.29) is 0 Å². The molecule has 1 aliphatic heterocycles. The van der Waals surface area contributed by atoms with E-state index in [9.17, 15) is 5.11 Å². The van der Waals surface area contributed by atoms with Crippen LogP contribution >= 0.6 is 0 Å². The summed E-state index contributed by atoms with van der Waals surface area (Å²) in [4.78, 5) is 2.32. The Morgan fingerprint density at radius 2 is 1.69 bits per heavy atom. The molecular weight excluding hydrogens is 360 g/mol. The highest BCUT2D eigenvalue weighted by Crippen LogP contribution is 2.40. The Morgan fingerprint density at radius 1 is 1.03 bits per heavy atom. The average Bonchev–Trinajstić information content (AvgIpc) is 2.88. The van der Waals surface area contributed by atoms with E-state index in [1.54, 1.807) is 4.68 Å². The number of hydrogen-bond donors (Lipinski definition) is 2. The van der Waals surface area contributed by atoms with Gasteiger partial charge in [-0.25, -0.2) is 0 Å². The number of nitrogens with zero attached hydrogens (tertiary/aromatic N) is 3. The molecule has 5 heteroatoms. The van der Waals surface area contributed by atoms with Crippen LogP contribution in [0.2, 0.25) is 0 Å². The topological polar surface area (TPSA) is 67.3 Å². The highest BCUT2D eigenvalue weighted by molar-refractivity contribution is 5.71. The van der Waals surface area contributed by atoms with Crippen molar-refractivity contribution in [2.75, 3.05) is 11.4 Å². The van der Waals surface area contributed by atoms with Gasteiger partial charge in [-0.15, -0.1) is 0 Å². The molecule has 1 aliphatic rings. The summed E-state index contributed by atoms with van der Waals surface area (Å²) in [5, 5.41) is 16.2. The minimum Gasteiger partial charge on any atom is -0.366 e.